The average Bonchev–Trinajstić information content (AvgIpc) is 2.48. The maximum absolute atomic E-state index is 11.2. The number of hydrogen-bond acceptors (Lipinski definition) is 2. The molecule has 0 aliphatic heterocycles. The molecule has 0 aliphatic carbocycles. The van der Waals surface area contributed by atoms with Crippen LogP contribution in [0.1, 0.15) is 23.0 Å². The summed E-state index contributed by atoms with van der Waals surface area (Å²) in [5.74, 6) is 0.0399. The number of carbonyl (C=O) groups excluding carboxylic acids is 1. The molecule has 2 aromatic heterocycles. The first-order chi connectivity index (χ1) is 6.20. The van der Waals surface area contributed by atoms with Gasteiger partial charge in [0.05, 0.1) is 6.20 Å². The molecule has 0 aromatic carbocycles. The third-order valence-corrected chi connectivity index (χ3v) is 2.09. The zero-order valence-corrected chi connectivity index (χ0v) is 7.61. The van der Waals surface area contributed by atoms with E-state index in [1.54, 1.807) is 13.1 Å². The van der Waals surface area contributed by atoms with Gasteiger partial charge in [-0.05, 0) is 18.6 Å². The van der Waals surface area contributed by atoms with Crippen LogP contribution in [0.3, 0.4) is 0 Å². The van der Waals surface area contributed by atoms with Crippen molar-refractivity contribution in [1.82, 2.24) is 9.38 Å². The normalized spacial score (nSPS) is 10.6. The summed E-state index contributed by atoms with van der Waals surface area (Å²) in [5.41, 5.74) is 2.57. The van der Waals surface area contributed by atoms with E-state index in [1.807, 2.05) is 29.7 Å². The van der Waals surface area contributed by atoms with E-state index in [-0.39, 0.29) is 5.78 Å². The van der Waals surface area contributed by atoms with Crippen LogP contribution in [0.25, 0.3) is 5.65 Å². The predicted molar refractivity (Wildman–Crippen MR) is 49.9 cm³/mol. The Bertz CT molecular complexity index is 471. The van der Waals surface area contributed by atoms with Crippen molar-refractivity contribution in [3.8, 4) is 0 Å². The van der Waals surface area contributed by atoms with Crippen molar-refractivity contribution in [2.75, 3.05) is 0 Å². The Kier molecular flexibility index (Phi) is 1.65. The van der Waals surface area contributed by atoms with Crippen LogP contribution < -0.4 is 0 Å². The first kappa shape index (κ1) is 7.98. The molecule has 0 bridgehead atoms. The summed E-state index contributed by atoms with van der Waals surface area (Å²) in [6, 6.07) is 3.89. The van der Waals surface area contributed by atoms with E-state index < -0.39 is 0 Å². The lowest BCUT2D eigenvalue weighted by atomic mass is 10.3. The molecule has 13 heavy (non-hydrogen) atoms. The molecule has 0 atom stereocenters. The van der Waals surface area contributed by atoms with Gasteiger partial charge in [-0.25, -0.2) is 4.98 Å². The summed E-state index contributed by atoms with van der Waals surface area (Å²) in [7, 11) is 0. The number of pyridine rings is 1. The van der Waals surface area contributed by atoms with Crippen LogP contribution in [0, 0.1) is 6.92 Å². The summed E-state index contributed by atoms with van der Waals surface area (Å²) in [6.45, 7) is 3.53. The monoisotopic (exact) mass is 174 g/mol. The summed E-state index contributed by atoms with van der Waals surface area (Å²) in [6.07, 6.45) is 3.47. The van der Waals surface area contributed by atoms with Crippen molar-refractivity contribution >= 4 is 11.4 Å². The van der Waals surface area contributed by atoms with Gasteiger partial charge in [0.15, 0.2) is 5.78 Å². The molecule has 0 fully saturated rings. The average molecular weight is 174 g/mol. The molecule has 2 aromatic rings. The highest BCUT2D eigenvalue weighted by atomic mass is 16.1. The lowest BCUT2D eigenvalue weighted by Crippen LogP contribution is -1.98. The van der Waals surface area contributed by atoms with E-state index in [4.69, 9.17) is 0 Å². The zero-order valence-electron chi connectivity index (χ0n) is 7.61. The molecule has 0 radical (unpaired) electrons. The van der Waals surface area contributed by atoms with Crippen molar-refractivity contribution in [3.05, 3.63) is 35.8 Å². The van der Waals surface area contributed by atoms with Gasteiger partial charge in [-0.2, -0.15) is 0 Å². The predicted octanol–water partition coefficient (Wildman–Crippen LogP) is 1.85. The minimum atomic E-state index is 0.0399. The largest absolute Gasteiger partial charge is 0.297 e. The molecule has 3 heteroatoms. The highest BCUT2D eigenvalue weighted by Crippen LogP contribution is 2.10. The van der Waals surface area contributed by atoms with Crippen LogP contribution in [0.2, 0.25) is 0 Å². The van der Waals surface area contributed by atoms with E-state index in [9.17, 15) is 4.79 Å². The van der Waals surface area contributed by atoms with Gasteiger partial charge in [0.1, 0.15) is 11.3 Å². The van der Waals surface area contributed by atoms with Gasteiger partial charge >= 0.3 is 0 Å². The fourth-order valence-corrected chi connectivity index (χ4v) is 1.41. The molecule has 2 heterocycles. The van der Waals surface area contributed by atoms with Gasteiger partial charge in [0.25, 0.3) is 0 Å². The van der Waals surface area contributed by atoms with Gasteiger partial charge in [-0.3, -0.25) is 9.20 Å². The Hall–Kier alpha value is -1.64. The van der Waals surface area contributed by atoms with Crippen molar-refractivity contribution < 1.29 is 4.79 Å². The standard InChI is InChI=1S/C10H10N2O/c1-7-4-3-5-12-9(8(2)13)6-11-10(7)12/h3-6H,1-2H3. The second-order valence-corrected chi connectivity index (χ2v) is 3.08. The third-order valence-electron chi connectivity index (χ3n) is 2.09. The second kappa shape index (κ2) is 2.69. The molecule has 66 valence electrons. The molecule has 2 rings (SSSR count). The lowest BCUT2D eigenvalue weighted by molar-refractivity contribution is 0.101. The Labute approximate surface area is 76.0 Å². The minimum Gasteiger partial charge on any atom is -0.297 e. The smallest absolute Gasteiger partial charge is 0.178 e. The maximum Gasteiger partial charge on any atom is 0.178 e. The highest BCUT2D eigenvalue weighted by Gasteiger charge is 2.07. The quantitative estimate of drug-likeness (QED) is 0.618. The van der Waals surface area contributed by atoms with Gasteiger partial charge in [0.2, 0.25) is 0 Å². The van der Waals surface area contributed by atoms with Gasteiger partial charge < -0.3 is 0 Å². The second-order valence-electron chi connectivity index (χ2n) is 3.08. The van der Waals surface area contributed by atoms with Crippen LogP contribution in [-0.2, 0) is 0 Å². The van der Waals surface area contributed by atoms with Crippen LogP contribution in [-0.4, -0.2) is 15.2 Å². The van der Waals surface area contributed by atoms with E-state index >= 15 is 0 Å². The lowest BCUT2D eigenvalue weighted by Gasteiger charge is -1.98. The molecule has 0 unspecified atom stereocenters. The number of carbonyl (C=O) groups is 1. The van der Waals surface area contributed by atoms with E-state index in [0.29, 0.717) is 5.69 Å². The van der Waals surface area contributed by atoms with Crippen molar-refractivity contribution in [2.45, 2.75) is 13.8 Å². The van der Waals surface area contributed by atoms with Crippen molar-refractivity contribution in [1.29, 1.82) is 0 Å². The number of aryl methyl sites for hydroxylation is 1. The van der Waals surface area contributed by atoms with E-state index in [1.165, 1.54) is 0 Å². The van der Waals surface area contributed by atoms with Gasteiger partial charge in [-0.15, -0.1) is 0 Å². The topological polar surface area (TPSA) is 34.4 Å². The van der Waals surface area contributed by atoms with Crippen LogP contribution in [0.5, 0.6) is 0 Å². The summed E-state index contributed by atoms with van der Waals surface area (Å²) < 4.78 is 1.82. The van der Waals surface area contributed by atoms with E-state index in [2.05, 4.69) is 4.98 Å². The number of ketones is 1. The Morgan fingerprint density at radius 3 is 3.00 bits per heavy atom. The fraction of sp³-hybridized carbons (Fsp3) is 0.200. The summed E-state index contributed by atoms with van der Waals surface area (Å²) >= 11 is 0. The maximum atomic E-state index is 11.2. The molecule has 0 N–H and O–H groups in total. The molecular weight excluding hydrogens is 164 g/mol. The van der Waals surface area contributed by atoms with Crippen LogP contribution in [0.15, 0.2) is 24.5 Å². The zero-order chi connectivity index (χ0) is 9.42. The minimum absolute atomic E-state index is 0.0399. The SMILES string of the molecule is CC(=O)c1cnc2c(C)cccn12. The highest BCUT2D eigenvalue weighted by molar-refractivity contribution is 5.93. The number of rotatable bonds is 1. The molecule has 0 amide bonds. The summed E-state index contributed by atoms with van der Waals surface area (Å²) in [4.78, 5) is 15.4. The first-order valence-corrected chi connectivity index (χ1v) is 4.14. The first-order valence-electron chi connectivity index (χ1n) is 4.14. The Morgan fingerprint density at radius 1 is 1.54 bits per heavy atom. The Balaban J connectivity index is 2.83. The molecule has 0 saturated heterocycles. The number of hydrogen-bond donors (Lipinski definition) is 0. The van der Waals surface area contributed by atoms with E-state index in [0.717, 1.165) is 11.2 Å². The van der Waals surface area contributed by atoms with Gasteiger partial charge in [-0.1, -0.05) is 6.07 Å². The number of imidazole rings is 1. The third kappa shape index (κ3) is 1.13. The number of nitrogens with zero attached hydrogens (tertiary/aromatic N) is 2. The molecule has 0 spiro atoms. The molecule has 3 nitrogen and oxygen atoms in total. The van der Waals surface area contributed by atoms with Gasteiger partial charge in [0, 0.05) is 13.1 Å². The molecule has 0 saturated carbocycles. The number of fused-ring (bicyclic) bond motifs is 1. The number of aromatic nitrogens is 2. The Morgan fingerprint density at radius 2 is 2.31 bits per heavy atom. The molecular formula is C10H10N2O. The van der Waals surface area contributed by atoms with Crippen LogP contribution in [0.4, 0.5) is 0 Å². The molecule has 0 aliphatic rings. The summed E-state index contributed by atoms with van der Waals surface area (Å²) in [5, 5.41) is 0. The van der Waals surface area contributed by atoms with Crippen molar-refractivity contribution in [2.24, 2.45) is 0 Å². The fourth-order valence-electron chi connectivity index (χ4n) is 1.41. The number of Topliss-reactive ketones (excluding diaryl/α,β-unsaturated/α-hetero) is 1. The van der Waals surface area contributed by atoms with Crippen molar-refractivity contribution in [3.63, 3.8) is 0 Å². The van der Waals surface area contributed by atoms with Crippen LogP contribution >= 0.6 is 0 Å².